The number of halogens is 1. The standard InChI is InChI=1S/C9H16ClN3O2S/c1-13-7-9(11-8-13)16(14,15)12-6-4-2-3-5-10/h7-8,12H,2-6H2,1H3. The maximum absolute atomic E-state index is 11.7. The van der Waals surface area contributed by atoms with E-state index in [0.717, 1.165) is 19.3 Å². The van der Waals surface area contributed by atoms with Crippen LogP contribution < -0.4 is 4.72 Å². The minimum atomic E-state index is -3.44. The number of hydrogen-bond donors (Lipinski definition) is 1. The summed E-state index contributed by atoms with van der Waals surface area (Å²) >= 11 is 5.52. The molecule has 0 radical (unpaired) electrons. The quantitative estimate of drug-likeness (QED) is 0.593. The third-order valence-electron chi connectivity index (χ3n) is 2.06. The first kappa shape index (κ1) is 13.5. The third kappa shape index (κ3) is 4.11. The molecule has 0 bridgehead atoms. The molecular weight excluding hydrogens is 250 g/mol. The Hall–Kier alpha value is -0.590. The van der Waals surface area contributed by atoms with Crippen LogP contribution in [-0.4, -0.2) is 30.4 Å². The van der Waals surface area contributed by atoms with Crippen LogP contribution in [0.2, 0.25) is 0 Å². The first-order valence-corrected chi connectivity index (χ1v) is 7.11. The van der Waals surface area contributed by atoms with Crippen molar-refractivity contribution < 1.29 is 8.42 Å². The zero-order valence-corrected chi connectivity index (χ0v) is 10.8. The summed E-state index contributed by atoms with van der Waals surface area (Å²) in [5.41, 5.74) is 0. The van der Waals surface area contributed by atoms with E-state index in [4.69, 9.17) is 11.6 Å². The minimum absolute atomic E-state index is 0.0624. The van der Waals surface area contributed by atoms with Gasteiger partial charge < -0.3 is 4.57 Å². The van der Waals surface area contributed by atoms with Crippen LogP contribution in [0.15, 0.2) is 17.6 Å². The van der Waals surface area contributed by atoms with Gasteiger partial charge in [-0.05, 0) is 12.8 Å². The van der Waals surface area contributed by atoms with Crippen molar-refractivity contribution in [3.63, 3.8) is 0 Å². The van der Waals surface area contributed by atoms with E-state index in [1.54, 1.807) is 11.6 Å². The zero-order chi connectivity index (χ0) is 12.0. The first-order valence-electron chi connectivity index (χ1n) is 5.10. The Balaban J connectivity index is 2.41. The van der Waals surface area contributed by atoms with Crippen molar-refractivity contribution in [1.82, 2.24) is 14.3 Å². The summed E-state index contributed by atoms with van der Waals surface area (Å²) in [6.45, 7) is 0.426. The highest BCUT2D eigenvalue weighted by molar-refractivity contribution is 7.89. The van der Waals surface area contributed by atoms with Crippen molar-refractivity contribution in [2.45, 2.75) is 24.3 Å². The van der Waals surface area contributed by atoms with Gasteiger partial charge in [-0.15, -0.1) is 11.6 Å². The van der Waals surface area contributed by atoms with Crippen molar-refractivity contribution in [1.29, 1.82) is 0 Å². The number of unbranched alkanes of at least 4 members (excludes halogenated alkanes) is 2. The smallest absolute Gasteiger partial charge is 0.259 e. The van der Waals surface area contributed by atoms with E-state index < -0.39 is 10.0 Å². The predicted octanol–water partition coefficient (Wildman–Crippen LogP) is 1.11. The summed E-state index contributed by atoms with van der Waals surface area (Å²) in [6, 6.07) is 0. The van der Waals surface area contributed by atoms with Gasteiger partial charge in [0.05, 0.1) is 6.33 Å². The van der Waals surface area contributed by atoms with Crippen LogP contribution in [0, 0.1) is 0 Å². The molecule has 1 heterocycles. The van der Waals surface area contributed by atoms with Gasteiger partial charge in [-0.1, -0.05) is 6.42 Å². The summed E-state index contributed by atoms with van der Waals surface area (Å²) < 4.78 is 27.4. The Bertz CT molecular complexity index is 416. The number of rotatable bonds is 7. The largest absolute Gasteiger partial charge is 0.339 e. The number of sulfonamides is 1. The molecule has 92 valence electrons. The van der Waals surface area contributed by atoms with Gasteiger partial charge >= 0.3 is 0 Å². The van der Waals surface area contributed by atoms with Crippen molar-refractivity contribution in [2.75, 3.05) is 12.4 Å². The van der Waals surface area contributed by atoms with Crippen molar-refractivity contribution in [2.24, 2.45) is 7.05 Å². The Labute approximate surface area is 101 Å². The second kappa shape index (κ2) is 6.22. The van der Waals surface area contributed by atoms with Gasteiger partial charge in [-0.2, -0.15) is 0 Å². The van der Waals surface area contributed by atoms with Crippen LogP contribution in [0.3, 0.4) is 0 Å². The maximum Gasteiger partial charge on any atom is 0.259 e. The van der Waals surface area contributed by atoms with Crippen LogP contribution >= 0.6 is 11.6 Å². The van der Waals surface area contributed by atoms with Gasteiger partial charge in [0.25, 0.3) is 10.0 Å². The number of imidazole rings is 1. The van der Waals surface area contributed by atoms with Gasteiger partial charge in [-0.25, -0.2) is 18.1 Å². The summed E-state index contributed by atoms with van der Waals surface area (Å²) in [6.07, 6.45) is 5.56. The lowest BCUT2D eigenvalue weighted by molar-refractivity contribution is 0.573. The zero-order valence-electron chi connectivity index (χ0n) is 9.19. The van der Waals surface area contributed by atoms with E-state index in [-0.39, 0.29) is 5.03 Å². The first-order chi connectivity index (χ1) is 7.56. The number of aryl methyl sites for hydroxylation is 1. The van der Waals surface area contributed by atoms with E-state index in [2.05, 4.69) is 9.71 Å². The number of aromatic nitrogens is 2. The molecule has 0 aromatic carbocycles. The Morgan fingerprint density at radius 2 is 2.19 bits per heavy atom. The molecule has 1 aromatic rings. The molecule has 0 saturated heterocycles. The molecule has 7 heteroatoms. The molecule has 1 aromatic heterocycles. The van der Waals surface area contributed by atoms with Crippen LogP contribution in [0.1, 0.15) is 19.3 Å². The molecule has 0 atom stereocenters. The molecule has 1 N–H and O–H groups in total. The minimum Gasteiger partial charge on any atom is -0.339 e. The molecule has 0 unspecified atom stereocenters. The fourth-order valence-electron chi connectivity index (χ4n) is 1.20. The van der Waals surface area contributed by atoms with Gasteiger partial charge in [0, 0.05) is 25.7 Å². The Kier molecular flexibility index (Phi) is 5.24. The van der Waals surface area contributed by atoms with Gasteiger partial charge in [0.1, 0.15) is 0 Å². The summed E-state index contributed by atoms with van der Waals surface area (Å²) in [4.78, 5) is 3.79. The van der Waals surface area contributed by atoms with Crippen LogP contribution in [0.5, 0.6) is 0 Å². The van der Waals surface area contributed by atoms with E-state index >= 15 is 0 Å². The monoisotopic (exact) mass is 265 g/mol. The number of alkyl halides is 1. The lowest BCUT2D eigenvalue weighted by atomic mass is 10.2. The normalized spacial score (nSPS) is 11.9. The second-order valence-electron chi connectivity index (χ2n) is 3.52. The lowest BCUT2D eigenvalue weighted by Crippen LogP contribution is -2.25. The average molecular weight is 266 g/mol. The molecule has 1 rings (SSSR count). The highest BCUT2D eigenvalue weighted by Crippen LogP contribution is 2.04. The maximum atomic E-state index is 11.7. The van der Waals surface area contributed by atoms with Gasteiger partial charge in [0.15, 0.2) is 5.03 Å². The molecule has 16 heavy (non-hydrogen) atoms. The number of nitrogens with zero attached hydrogens (tertiary/aromatic N) is 2. The molecule has 0 aliphatic rings. The molecule has 0 aliphatic carbocycles. The van der Waals surface area contributed by atoms with Crippen LogP contribution in [-0.2, 0) is 17.1 Å². The number of nitrogens with one attached hydrogen (secondary N) is 1. The fraction of sp³-hybridized carbons (Fsp3) is 0.667. The third-order valence-corrected chi connectivity index (χ3v) is 3.67. The fourth-order valence-corrected chi connectivity index (χ4v) is 2.45. The van der Waals surface area contributed by atoms with Crippen molar-refractivity contribution in [3.8, 4) is 0 Å². The summed E-state index contributed by atoms with van der Waals surface area (Å²) in [5.74, 6) is 0.618. The second-order valence-corrected chi connectivity index (χ2v) is 5.62. The molecule has 5 nitrogen and oxygen atoms in total. The van der Waals surface area contributed by atoms with Gasteiger partial charge in [0.2, 0.25) is 0 Å². The van der Waals surface area contributed by atoms with Gasteiger partial charge in [-0.3, -0.25) is 0 Å². The van der Waals surface area contributed by atoms with E-state index in [0.29, 0.717) is 12.4 Å². The molecule has 0 fully saturated rings. The summed E-state index contributed by atoms with van der Waals surface area (Å²) in [7, 11) is -1.71. The molecular formula is C9H16ClN3O2S. The van der Waals surface area contributed by atoms with E-state index in [1.165, 1.54) is 12.5 Å². The van der Waals surface area contributed by atoms with Crippen molar-refractivity contribution >= 4 is 21.6 Å². The average Bonchev–Trinajstić information content (AvgIpc) is 2.65. The molecule has 0 amide bonds. The highest BCUT2D eigenvalue weighted by atomic mass is 35.5. The SMILES string of the molecule is Cn1cnc(S(=O)(=O)NCCCCCCl)c1. The van der Waals surface area contributed by atoms with Crippen LogP contribution in [0.4, 0.5) is 0 Å². The molecule has 0 aliphatic heterocycles. The topological polar surface area (TPSA) is 64.0 Å². The lowest BCUT2D eigenvalue weighted by Gasteiger charge is -2.03. The Morgan fingerprint density at radius 3 is 2.75 bits per heavy atom. The molecule has 0 spiro atoms. The molecule has 0 saturated carbocycles. The predicted molar refractivity (Wildman–Crippen MR) is 63.0 cm³/mol. The number of hydrogen-bond acceptors (Lipinski definition) is 3. The van der Waals surface area contributed by atoms with E-state index in [1.807, 2.05) is 0 Å². The highest BCUT2D eigenvalue weighted by Gasteiger charge is 2.15. The van der Waals surface area contributed by atoms with Crippen molar-refractivity contribution in [3.05, 3.63) is 12.5 Å². The van der Waals surface area contributed by atoms with E-state index in [9.17, 15) is 8.42 Å². The Morgan fingerprint density at radius 1 is 1.44 bits per heavy atom. The van der Waals surface area contributed by atoms with Crippen LogP contribution in [0.25, 0.3) is 0 Å². The summed E-state index contributed by atoms with van der Waals surface area (Å²) in [5, 5.41) is 0.0624.